The molecule has 3 nitrogen and oxygen atoms in total. The van der Waals surface area contributed by atoms with Crippen molar-refractivity contribution in [2.75, 3.05) is 6.54 Å². The third-order valence-corrected chi connectivity index (χ3v) is 3.72. The second-order valence-corrected chi connectivity index (χ2v) is 5.35. The number of rotatable bonds is 6. The molecule has 0 radical (unpaired) electrons. The van der Waals surface area contributed by atoms with Crippen molar-refractivity contribution in [1.29, 1.82) is 0 Å². The van der Waals surface area contributed by atoms with Crippen LogP contribution >= 0.6 is 0 Å². The molecule has 2 rings (SSSR count). The quantitative estimate of drug-likeness (QED) is 0.823. The SMILES string of the molecule is CCCNC(=O)C(C)NCc1ccc2c(c1)CCC2. The molecule has 0 saturated carbocycles. The van der Waals surface area contributed by atoms with Crippen LogP contribution in [0.5, 0.6) is 0 Å². The smallest absolute Gasteiger partial charge is 0.236 e. The number of carbonyl (C=O) groups excluding carboxylic acids is 1. The van der Waals surface area contributed by atoms with Crippen LogP contribution in [0.4, 0.5) is 0 Å². The molecule has 1 aliphatic carbocycles. The van der Waals surface area contributed by atoms with Crippen LogP contribution in [0.25, 0.3) is 0 Å². The molecule has 1 aromatic carbocycles. The van der Waals surface area contributed by atoms with Gasteiger partial charge in [0.1, 0.15) is 0 Å². The molecule has 1 aromatic rings. The van der Waals surface area contributed by atoms with Gasteiger partial charge in [-0.05, 0) is 49.3 Å². The maximum Gasteiger partial charge on any atom is 0.236 e. The van der Waals surface area contributed by atoms with Crippen LogP contribution in [0, 0.1) is 0 Å². The summed E-state index contributed by atoms with van der Waals surface area (Å²) < 4.78 is 0. The van der Waals surface area contributed by atoms with E-state index in [2.05, 4.69) is 35.8 Å². The van der Waals surface area contributed by atoms with Crippen LogP contribution in [0.1, 0.15) is 43.4 Å². The molecule has 19 heavy (non-hydrogen) atoms. The van der Waals surface area contributed by atoms with Crippen LogP contribution in [0.2, 0.25) is 0 Å². The molecule has 2 N–H and O–H groups in total. The molecule has 1 unspecified atom stereocenters. The van der Waals surface area contributed by atoms with Crippen molar-refractivity contribution in [1.82, 2.24) is 10.6 Å². The summed E-state index contributed by atoms with van der Waals surface area (Å²) >= 11 is 0. The molecule has 104 valence electrons. The predicted octanol–water partition coefficient (Wildman–Crippen LogP) is 2.18. The Bertz CT molecular complexity index is 442. The lowest BCUT2D eigenvalue weighted by atomic mass is 10.1. The number of fused-ring (bicyclic) bond motifs is 1. The van der Waals surface area contributed by atoms with Crippen LogP contribution < -0.4 is 10.6 Å². The molecular weight excluding hydrogens is 236 g/mol. The summed E-state index contributed by atoms with van der Waals surface area (Å²) in [7, 11) is 0. The molecule has 0 heterocycles. The van der Waals surface area contributed by atoms with Gasteiger partial charge in [-0.25, -0.2) is 0 Å². The molecule has 1 atom stereocenters. The molecule has 3 heteroatoms. The van der Waals surface area contributed by atoms with Crippen molar-refractivity contribution in [3.05, 3.63) is 34.9 Å². The fourth-order valence-corrected chi connectivity index (χ4v) is 2.50. The van der Waals surface area contributed by atoms with E-state index in [0.29, 0.717) is 0 Å². The van der Waals surface area contributed by atoms with Gasteiger partial charge in [0.2, 0.25) is 5.91 Å². The van der Waals surface area contributed by atoms with E-state index in [1.54, 1.807) is 0 Å². The van der Waals surface area contributed by atoms with Crippen molar-refractivity contribution in [3.8, 4) is 0 Å². The third kappa shape index (κ3) is 3.80. The standard InChI is InChI=1S/C16H24N2O/c1-3-9-17-16(19)12(2)18-11-13-7-8-14-5-4-6-15(14)10-13/h7-8,10,12,18H,3-6,9,11H2,1-2H3,(H,17,19). The Morgan fingerprint density at radius 1 is 1.32 bits per heavy atom. The minimum atomic E-state index is -0.139. The van der Waals surface area contributed by atoms with Gasteiger partial charge >= 0.3 is 0 Å². The highest BCUT2D eigenvalue weighted by Crippen LogP contribution is 2.22. The van der Waals surface area contributed by atoms with Crippen molar-refractivity contribution >= 4 is 5.91 Å². The van der Waals surface area contributed by atoms with Gasteiger partial charge in [-0.1, -0.05) is 25.1 Å². The Kier molecular flexibility index (Phi) is 4.97. The fourth-order valence-electron chi connectivity index (χ4n) is 2.50. The summed E-state index contributed by atoms with van der Waals surface area (Å²) in [6, 6.07) is 6.56. The van der Waals surface area contributed by atoms with Crippen LogP contribution in [0.3, 0.4) is 0 Å². The maximum atomic E-state index is 11.7. The number of hydrogen-bond donors (Lipinski definition) is 2. The highest BCUT2D eigenvalue weighted by molar-refractivity contribution is 5.81. The van der Waals surface area contributed by atoms with Gasteiger partial charge in [0, 0.05) is 13.1 Å². The lowest BCUT2D eigenvalue weighted by Crippen LogP contribution is -2.42. The Morgan fingerprint density at radius 3 is 2.89 bits per heavy atom. The first-order chi connectivity index (χ1) is 9.20. The zero-order chi connectivity index (χ0) is 13.7. The van der Waals surface area contributed by atoms with E-state index < -0.39 is 0 Å². The summed E-state index contributed by atoms with van der Waals surface area (Å²) in [6.07, 6.45) is 4.68. The zero-order valence-electron chi connectivity index (χ0n) is 12.0. The van der Waals surface area contributed by atoms with Gasteiger partial charge in [-0.15, -0.1) is 0 Å². The van der Waals surface area contributed by atoms with E-state index in [-0.39, 0.29) is 11.9 Å². The van der Waals surface area contributed by atoms with Crippen molar-refractivity contribution < 1.29 is 4.79 Å². The van der Waals surface area contributed by atoms with Crippen molar-refractivity contribution in [3.63, 3.8) is 0 Å². The van der Waals surface area contributed by atoms with E-state index in [1.165, 1.54) is 36.0 Å². The highest BCUT2D eigenvalue weighted by Gasteiger charge is 2.13. The fraction of sp³-hybridized carbons (Fsp3) is 0.562. The van der Waals surface area contributed by atoms with Gasteiger partial charge < -0.3 is 10.6 Å². The molecule has 0 aromatic heterocycles. The average Bonchev–Trinajstić information content (AvgIpc) is 2.89. The van der Waals surface area contributed by atoms with Crippen LogP contribution in [0.15, 0.2) is 18.2 Å². The Hall–Kier alpha value is -1.35. The molecular formula is C16H24N2O. The second kappa shape index (κ2) is 6.71. The second-order valence-electron chi connectivity index (χ2n) is 5.35. The van der Waals surface area contributed by atoms with Gasteiger partial charge in [0.25, 0.3) is 0 Å². The topological polar surface area (TPSA) is 41.1 Å². The largest absolute Gasteiger partial charge is 0.355 e. The summed E-state index contributed by atoms with van der Waals surface area (Å²) in [5.41, 5.74) is 4.26. The summed E-state index contributed by atoms with van der Waals surface area (Å²) in [5, 5.41) is 6.20. The number of aryl methyl sites for hydroxylation is 2. The average molecular weight is 260 g/mol. The lowest BCUT2D eigenvalue weighted by Gasteiger charge is -2.14. The van der Waals surface area contributed by atoms with E-state index >= 15 is 0 Å². The summed E-state index contributed by atoms with van der Waals surface area (Å²) in [4.78, 5) is 11.7. The summed E-state index contributed by atoms with van der Waals surface area (Å²) in [5.74, 6) is 0.0861. The number of benzene rings is 1. The van der Waals surface area contributed by atoms with E-state index in [9.17, 15) is 4.79 Å². The minimum absolute atomic E-state index is 0.0861. The normalized spacial score (nSPS) is 15.1. The van der Waals surface area contributed by atoms with Gasteiger partial charge in [-0.2, -0.15) is 0 Å². The van der Waals surface area contributed by atoms with Crippen molar-refractivity contribution in [2.45, 2.75) is 52.1 Å². The van der Waals surface area contributed by atoms with Gasteiger partial charge in [0.05, 0.1) is 6.04 Å². The summed E-state index contributed by atoms with van der Waals surface area (Å²) in [6.45, 7) is 5.49. The molecule has 0 saturated heterocycles. The lowest BCUT2D eigenvalue weighted by molar-refractivity contribution is -0.122. The van der Waals surface area contributed by atoms with Crippen LogP contribution in [-0.4, -0.2) is 18.5 Å². The molecule has 1 amide bonds. The first kappa shape index (κ1) is 14.1. The van der Waals surface area contributed by atoms with Crippen LogP contribution in [-0.2, 0) is 24.2 Å². The first-order valence-electron chi connectivity index (χ1n) is 7.32. The number of nitrogens with one attached hydrogen (secondary N) is 2. The van der Waals surface area contributed by atoms with Gasteiger partial charge in [-0.3, -0.25) is 4.79 Å². The number of hydrogen-bond acceptors (Lipinski definition) is 2. The highest BCUT2D eigenvalue weighted by atomic mass is 16.2. The Balaban J connectivity index is 1.83. The molecule has 0 spiro atoms. The Labute approximate surface area is 115 Å². The van der Waals surface area contributed by atoms with E-state index in [1.807, 2.05) is 6.92 Å². The minimum Gasteiger partial charge on any atom is -0.355 e. The molecule has 1 aliphatic rings. The molecule has 0 fully saturated rings. The van der Waals surface area contributed by atoms with Crippen molar-refractivity contribution in [2.24, 2.45) is 0 Å². The monoisotopic (exact) mass is 260 g/mol. The maximum absolute atomic E-state index is 11.7. The Morgan fingerprint density at radius 2 is 2.11 bits per heavy atom. The molecule has 0 bridgehead atoms. The predicted molar refractivity (Wildman–Crippen MR) is 78.1 cm³/mol. The molecule has 0 aliphatic heterocycles. The van der Waals surface area contributed by atoms with E-state index in [4.69, 9.17) is 0 Å². The van der Waals surface area contributed by atoms with E-state index in [0.717, 1.165) is 19.5 Å². The third-order valence-electron chi connectivity index (χ3n) is 3.72. The number of carbonyl (C=O) groups is 1. The van der Waals surface area contributed by atoms with Gasteiger partial charge in [0.15, 0.2) is 0 Å². The zero-order valence-corrected chi connectivity index (χ0v) is 12.0. The number of amides is 1. The first-order valence-corrected chi connectivity index (χ1v) is 7.32.